The molecule has 0 N–H and O–H groups in total. The highest BCUT2D eigenvalue weighted by molar-refractivity contribution is 5.27. The Morgan fingerprint density at radius 2 is 2.12 bits per heavy atom. The minimum Gasteiger partial charge on any atom is -0.333 e. The summed E-state index contributed by atoms with van der Waals surface area (Å²) in [6, 6.07) is 6.29. The lowest BCUT2D eigenvalue weighted by molar-refractivity contribution is 0.351. The molecule has 17 heavy (non-hydrogen) atoms. The highest BCUT2D eigenvalue weighted by atomic mass is 15.0. The van der Waals surface area contributed by atoms with Crippen molar-refractivity contribution in [2.24, 2.45) is 5.92 Å². The smallest absolute Gasteiger partial charge is 0.120 e. The van der Waals surface area contributed by atoms with Crippen LogP contribution in [-0.2, 0) is 13.0 Å². The number of hydrogen-bond donors (Lipinski definition) is 0. The van der Waals surface area contributed by atoms with E-state index in [1.807, 2.05) is 12.1 Å². The van der Waals surface area contributed by atoms with Gasteiger partial charge in [0.25, 0.3) is 0 Å². The zero-order valence-electron chi connectivity index (χ0n) is 10.4. The number of allylic oxidation sites excluding steroid dienone is 1. The average molecular weight is 228 g/mol. The van der Waals surface area contributed by atoms with E-state index in [1.54, 1.807) is 0 Å². The lowest BCUT2D eigenvalue weighted by Crippen LogP contribution is -2.13. The molecule has 1 heterocycles. The monoisotopic (exact) mass is 228 g/mol. The van der Waals surface area contributed by atoms with Gasteiger partial charge in [0.1, 0.15) is 11.8 Å². The first kappa shape index (κ1) is 12.0. The van der Waals surface area contributed by atoms with Crippen molar-refractivity contribution in [3.8, 4) is 6.07 Å². The second-order valence-corrected chi connectivity index (χ2v) is 4.93. The second-order valence-electron chi connectivity index (χ2n) is 4.93. The molecule has 2 nitrogen and oxygen atoms in total. The maximum atomic E-state index is 9.06. The van der Waals surface area contributed by atoms with Crippen LogP contribution in [0.15, 0.2) is 24.8 Å². The minimum absolute atomic E-state index is 0.748. The summed E-state index contributed by atoms with van der Waals surface area (Å²) in [7, 11) is 0. The van der Waals surface area contributed by atoms with Crippen LogP contribution in [0.5, 0.6) is 0 Å². The van der Waals surface area contributed by atoms with Crippen LogP contribution in [0.1, 0.15) is 43.5 Å². The fourth-order valence-electron chi connectivity index (χ4n) is 2.82. The van der Waals surface area contributed by atoms with Crippen molar-refractivity contribution in [2.45, 2.75) is 45.1 Å². The molecule has 1 aromatic rings. The molecule has 0 saturated heterocycles. The van der Waals surface area contributed by atoms with Gasteiger partial charge in [0, 0.05) is 12.2 Å². The third kappa shape index (κ3) is 2.79. The highest BCUT2D eigenvalue weighted by Crippen LogP contribution is 2.27. The lowest BCUT2D eigenvalue weighted by Gasteiger charge is -2.22. The quantitative estimate of drug-likeness (QED) is 0.723. The third-order valence-electron chi connectivity index (χ3n) is 3.72. The lowest BCUT2D eigenvalue weighted by atomic mass is 9.86. The maximum Gasteiger partial charge on any atom is 0.120 e. The molecule has 0 unspecified atom stereocenters. The Labute approximate surface area is 104 Å². The van der Waals surface area contributed by atoms with Crippen LogP contribution < -0.4 is 0 Å². The molecular weight excluding hydrogens is 208 g/mol. The Balaban J connectivity index is 2.11. The molecule has 0 amide bonds. The summed E-state index contributed by atoms with van der Waals surface area (Å²) in [4.78, 5) is 0. The number of hydrogen-bond acceptors (Lipinski definition) is 1. The molecule has 0 spiro atoms. The Bertz CT molecular complexity index is 417. The first-order valence-corrected chi connectivity index (χ1v) is 6.54. The predicted molar refractivity (Wildman–Crippen MR) is 69.6 cm³/mol. The van der Waals surface area contributed by atoms with Gasteiger partial charge in [-0.3, -0.25) is 0 Å². The molecule has 0 radical (unpaired) electrons. The zero-order chi connectivity index (χ0) is 12.1. The highest BCUT2D eigenvalue weighted by Gasteiger charge is 2.16. The van der Waals surface area contributed by atoms with E-state index in [2.05, 4.69) is 23.3 Å². The number of nitriles is 1. The molecule has 1 fully saturated rings. The van der Waals surface area contributed by atoms with Gasteiger partial charge in [-0.2, -0.15) is 5.26 Å². The molecule has 1 aliphatic rings. The Morgan fingerprint density at radius 1 is 1.35 bits per heavy atom. The van der Waals surface area contributed by atoms with E-state index >= 15 is 0 Å². The van der Waals surface area contributed by atoms with Gasteiger partial charge in [-0.25, -0.2) is 0 Å². The number of nitrogens with zero attached hydrogens (tertiary/aromatic N) is 2. The molecule has 0 aliphatic heterocycles. The van der Waals surface area contributed by atoms with Gasteiger partial charge < -0.3 is 4.57 Å². The summed E-state index contributed by atoms with van der Waals surface area (Å²) in [5.41, 5.74) is 2.06. The first-order valence-electron chi connectivity index (χ1n) is 6.54. The van der Waals surface area contributed by atoms with Gasteiger partial charge in [0.05, 0.1) is 0 Å². The average Bonchev–Trinajstić information content (AvgIpc) is 2.74. The van der Waals surface area contributed by atoms with Gasteiger partial charge in [0.15, 0.2) is 0 Å². The van der Waals surface area contributed by atoms with E-state index in [1.165, 1.54) is 37.8 Å². The van der Waals surface area contributed by atoms with Crippen LogP contribution in [0.4, 0.5) is 0 Å². The number of rotatable bonds is 4. The molecule has 0 atom stereocenters. The van der Waals surface area contributed by atoms with Crippen LogP contribution >= 0.6 is 0 Å². The van der Waals surface area contributed by atoms with Crippen molar-refractivity contribution in [3.63, 3.8) is 0 Å². The molecule has 90 valence electrons. The summed E-state index contributed by atoms with van der Waals surface area (Å²) >= 11 is 0. The third-order valence-corrected chi connectivity index (χ3v) is 3.72. The SMILES string of the molecule is C=CCn1c(C#N)ccc1CC1CCCCC1. The van der Waals surface area contributed by atoms with Crippen molar-refractivity contribution < 1.29 is 0 Å². The Morgan fingerprint density at radius 3 is 2.76 bits per heavy atom. The van der Waals surface area contributed by atoms with E-state index in [4.69, 9.17) is 5.26 Å². The molecule has 1 aliphatic carbocycles. The maximum absolute atomic E-state index is 9.06. The van der Waals surface area contributed by atoms with E-state index < -0.39 is 0 Å². The standard InChI is InChI=1S/C15H20N2/c1-2-10-17-14(8-9-15(17)12-16)11-13-6-4-3-5-7-13/h2,8-9,13H,1,3-7,10-11H2. The molecule has 0 bridgehead atoms. The van der Waals surface area contributed by atoms with Crippen LogP contribution in [-0.4, -0.2) is 4.57 Å². The van der Waals surface area contributed by atoms with Crippen molar-refractivity contribution >= 4 is 0 Å². The summed E-state index contributed by atoms with van der Waals surface area (Å²) in [6.45, 7) is 4.52. The fourth-order valence-corrected chi connectivity index (χ4v) is 2.82. The molecule has 0 aromatic carbocycles. The zero-order valence-corrected chi connectivity index (χ0v) is 10.4. The van der Waals surface area contributed by atoms with Gasteiger partial charge in [-0.1, -0.05) is 38.2 Å². The van der Waals surface area contributed by atoms with Gasteiger partial charge >= 0.3 is 0 Å². The molecule has 1 saturated carbocycles. The van der Waals surface area contributed by atoms with E-state index in [9.17, 15) is 0 Å². The summed E-state index contributed by atoms with van der Waals surface area (Å²) < 4.78 is 2.10. The fraction of sp³-hybridized carbons (Fsp3) is 0.533. The molecule has 2 heteroatoms. The van der Waals surface area contributed by atoms with Crippen LogP contribution in [0.3, 0.4) is 0 Å². The first-order chi connectivity index (χ1) is 8.35. The van der Waals surface area contributed by atoms with Crippen molar-refractivity contribution in [1.82, 2.24) is 4.57 Å². The normalized spacial score (nSPS) is 16.6. The summed E-state index contributed by atoms with van der Waals surface area (Å²) in [5.74, 6) is 0.814. The summed E-state index contributed by atoms with van der Waals surface area (Å²) in [6.07, 6.45) is 9.83. The van der Waals surface area contributed by atoms with E-state index in [-0.39, 0.29) is 0 Å². The van der Waals surface area contributed by atoms with Crippen LogP contribution in [0.25, 0.3) is 0 Å². The number of aromatic nitrogens is 1. The van der Waals surface area contributed by atoms with Gasteiger partial charge in [0.2, 0.25) is 0 Å². The summed E-state index contributed by atoms with van der Waals surface area (Å²) in [5, 5.41) is 9.06. The van der Waals surface area contributed by atoms with Crippen molar-refractivity contribution in [2.75, 3.05) is 0 Å². The molecular formula is C15H20N2. The minimum atomic E-state index is 0.748. The topological polar surface area (TPSA) is 28.7 Å². The van der Waals surface area contributed by atoms with Gasteiger partial charge in [-0.15, -0.1) is 6.58 Å². The molecule has 2 rings (SSSR count). The van der Waals surface area contributed by atoms with Crippen LogP contribution in [0, 0.1) is 17.2 Å². The largest absolute Gasteiger partial charge is 0.333 e. The van der Waals surface area contributed by atoms with Crippen molar-refractivity contribution in [3.05, 3.63) is 36.2 Å². The predicted octanol–water partition coefficient (Wildman–Crippen LogP) is 3.67. The van der Waals surface area contributed by atoms with Gasteiger partial charge in [-0.05, 0) is 24.5 Å². The van der Waals surface area contributed by atoms with E-state index in [0.29, 0.717) is 0 Å². The van der Waals surface area contributed by atoms with Crippen molar-refractivity contribution in [1.29, 1.82) is 5.26 Å². The molecule has 1 aromatic heterocycles. The second kappa shape index (κ2) is 5.72. The van der Waals surface area contributed by atoms with Crippen LogP contribution in [0.2, 0.25) is 0 Å². The Kier molecular flexibility index (Phi) is 4.03. The Hall–Kier alpha value is -1.49. The van der Waals surface area contributed by atoms with E-state index in [0.717, 1.165) is 24.6 Å².